The van der Waals surface area contributed by atoms with E-state index in [1.54, 1.807) is 0 Å². The lowest BCUT2D eigenvalue weighted by Crippen LogP contribution is -2.20. The van der Waals surface area contributed by atoms with E-state index >= 15 is 0 Å². The second-order valence-electron chi connectivity index (χ2n) is 8.74. The number of hydrazone groups is 1. The van der Waals surface area contributed by atoms with Crippen LogP contribution in [0.25, 0.3) is 0 Å². The zero-order chi connectivity index (χ0) is 23.5. The number of nitrogens with zero attached hydrogens (tertiary/aromatic N) is 3. The van der Waals surface area contributed by atoms with E-state index in [9.17, 15) is 20.2 Å². The molecule has 0 radical (unpaired) electrons. The molecule has 1 aromatic rings. The maximum Gasteiger partial charge on any atom is 0.301 e. The maximum atomic E-state index is 11.5. The summed E-state index contributed by atoms with van der Waals surface area (Å²) in [6.45, 7) is 1.25. The molecule has 1 aliphatic heterocycles. The van der Waals surface area contributed by atoms with Gasteiger partial charge in [0.2, 0.25) is 0 Å². The summed E-state index contributed by atoms with van der Waals surface area (Å²) in [6.07, 6.45) is 12.8. The van der Waals surface area contributed by atoms with E-state index in [0.717, 1.165) is 56.7 Å². The Morgan fingerprint density at radius 3 is 2.24 bits per heavy atom. The van der Waals surface area contributed by atoms with Gasteiger partial charge in [-0.15, -0.1) is 0 Å². The third-order valence-electron chi connectivity index (χ3n) is 6.36. The molecule has 1 heterocycles. The fraction of sp³-hybridized carbons (Fsp3) is 0.696. The van der Waals surface area contributed by atoms with E-state index in [4.69, 9.17) is 9.47 Å². The summed E-state index contributed by atoms with van der Waals surface area (Å²) in [5.74, 6) is 0.238. The predicted octanol–water partition coefficient (Wildman–Crippen LogP) is 5.95. The molecule has 2 aliphatic rings. The molecule has 3 rings (SSSR count). The Labute approximate surface area is 194 Å². The zero-order valence-corrected chi connectivity index (χ0v) is 19.1. The second kappa shape index (κ2) is 13.2. The largest absolute Gasteiger partial charge is 0.350 e. The van der Waals surface area contributed by atoms with Crippen molar-refractivity contribution in [2.45, 2.75) is 83.3 Å². The van der Waals surface area contributed by atoms with Gasteiger partial charge in [0.05, 0.1) is 29.1 Å². The Morgan fingerprint density at radius 1 is 0.909 bits per heavy atom. The number of nitrogens with one attached hydrogen (secondary N) is 1. The first-order valence-electron chi connectivity index (χ1n) is 12.0. The van der Waals surface area contributed by atoms with Crippen molar-refractivity contribution in [3.63, 3.8) is 0 Å². The van der Waals surface area contributed by atoms with Gasteiger partial charge in [0.15, 0.2) is 6.29 Å². The average Bonchev–Trinajstić information content (AvgIpc) is 3.31. The van der Waals surface area contributed by atoms with Crippen LogP contribution in [-0.2, 0) is 9.47 Å². The summed E-state index contributed by atoms with van der Waals surface area (Å²) in [5.41, 5.74) is 3.35. The van der Waals surface area contributed by atoms with Crippen LogP contribution in [0.1, 0.15) is 77.0 Å². The number of anilines is 1. The van der Waals surface area contributed by atoms with E-state index in [1.165, 1.54) is 44.2 Å². The first-order chi connectivity index (χ1) is 16.0. The van der Waals surface area contributed by atoms with Crippen molar-refractivity contribution in [1.29, 1.82) is 0 Å². The van der Waals surface area contributed by atoms with Crippen LogP contribution < -0.4 is 5.43 Å². The molecule has 0 aromatic heterocycles. The van der Waals surface area contributed by atoms with E-state index in [2.05, 4.69) is 10.5 Å². The Kier molecular flexibility index (Phi) is 10.0. The molecule has 10 heteroatoms. The van der Waals surface area contributed by atoms with Crippen LogP contribution in [0.4, 0.5) is 17.1 Å². The highest BCUT2D eigenvalue weighted by Crippen LogP contribution is 2.30. The van der Waals surface area contributed by atoms with Gasteiger partial charge in [-0.1, -0.05) is 44.9 Å². The minimum absolute atomic E-state index is 0.158. The number of benzene rings is 1. The molecule has 0 amide bonds. The summed E-state index contributed by atoms with van der Waals surface area (Å²) < 4.78 is 11.2. The highest BCUT2D eigenvalue weighted by molar-refractivity contribution is 5.87. The molecule has 2 fully saturated rings. The van der Waals surface area contributed by atoms with E-state index in [-0.39, 0.29) is 29.3 Å². The quantitative estimate of drug-likeness (QED) is 0.391. The lowest BCUT2D eigenvalue weighted by atomic mass is 9.88. The molecule has 0 spiro atoms. The molecule has 1 N–H and O–H groups in total. The van der Waals surface area contributed by atoms with Gasteiger partial charge in [-0.3, -0.25) is 25.7 Å². The van der Waals surface area contributed by atoms with Crippen molar-refractivity contribution in [3.8, 4) is 0 Å². The van der Waals surface area contributed by atoms with Crippen LogP contribution in [0, 0.1) is 26.1 Å². The molecule has 1 aromatic carbocycles. The van der Waals surface area contributed by atoms with Crippen LogP contribution in [0.5, 0.6) is 0 Å². The normalized spacial score (nSPS) is 22.4. The third kappa shape index (κ3) is 8.04. The molecule has 10 nitrogen and oxygen atoms in total. The van der Waals surface area contributed by atoms with Gasteiger partial charge in [-0.2, -0.15) is 5.10 Å². The summed E-state index contributed by atoms with van der Waals surface area (Å²) in [6, 6.07) is 3.57. The molecule has 1 aliphatic carbocycles. The van der Waals surface area contributed by atoms with Crippen LogP contribution in [-0.4, -0.2) is 35.1 Å². The van der Waals surface area contributed by atoms with Crippen LogP contribution >= 0.6 is 0 Å². The Morgan fingerprint density at radius 2 is 1.58 bits per heavy atom. The zero-order valence-electron chi connectivity index (χ0n) is 19.1. The van der Waals surface area contributed by atoms with Crippen LogP contribution in [0.2, 0.25) is 0 Å². The number of nitro groups is 2. The Bertz CT molecular complexity index is 825. The van der Waals surface area contributed by atoms with Crippen molar-refractivity contribution < 1.29 is 19.3 Å². The number of hydrogen-bond donors (Lipinski definition) is 1. The second-order valence-corrected chi connectivity index (χ2v) is 8.74. The number of nitro benzene ring substituents is 2. The predicted molar refractivity (Wildman–Crippen MR) is 125 cm³/mol. The number of rotatable bonds is 7. The standard InChI is InChI=1S/C23H34N4O6/c28-26(29)19-12-13-21(22(17-19)27(30)31)25-24-20-10-8-6-4-2-1-3-5-7-9-18(20)11-14-23-32-15-16-33-23/h12-13,17-18,23,25H,1-11,14-16H2. The van der Waals surface area contributed by atoms with Crippen LogP contribution in [0.3, 0.4) is 0 Å². The molecule has 1 unspecified atom stereocenters. The number of ether oxygens (including phenoxy) is 2. The SMILES string of the molecule is O=[N+]([O-])c1ccc(NN=C2CCCCCCCCCCC2CCC2OCCO2)c([N+](=O)[O-])c1. The molecule has 33 heavy (non-hydrogen) atoms. The minimum atomic E-state index is -0.640. The van der Waals surface area contributed by atoms with Crippen LogP contribution in [0.15, 0.2) is 23.3 Å². The van der Waals surface area contributed by atoms with E-state index in [1.807, 2.05) is 0 Å². The lowest BCUT2D eigenvalue weighted by Gasteiger charge is -2.22. The van der Waals surface area contributed by atoms with Crippen molar-refractivity contribution >= 4 is 22.8 Å². The smallest absolute Gasteiger partial charge is 0.301 e. The minimum Gasteiger partial charge on any atom is -0.350 e. The summed E-state index contributed by atoms with van der Waals surface area (Å²) in [7, 11) is 0. The van der Waals surface area contributed by atoms with Crippen molar-refractivity contribution in [1.82, 2.24) is 0 Å². The van der Waals surface area contributed by atoms with Gasteiger partial charge >= 0.3 is 5.69 Å². The van der Waals surface area contributed by atoms with Gasteiger partial charge in [0.1, 0.15) is 5.69 Å². The highest BCUT2D eigenvalue weighted by atomic mass is 16.7. The molecular formula is C23H34N4O6. The highest BCUT2D eigenvalue weighted by Gasteiger charge is 2.23. The fourth-order valence-corrected chi connectivity index (χ4v) is 4.51. The summed E-state index contributed by atoms with van der Waals surface area (Å²) >= 11 is 0. The van der Waals surface area contributed by atoms with Gasteiger partial charge in [-0.05, 0) is 44.1 Å². The van der Waals surface area contributed by atoms with Gasteiger partial charge < -0.3 is 9.47 Å². The van der Waals surface area contributed by atoms with Crippen molar-refractivity contribution in [2.75, 3.05) is 18.6 Å². The molecule has 1 atom stereocenters. The first-order valence-corrected chi connectivity index (χ1v) is 12.0. The number of non-ortho nitro benzene ring substituents is 1. The monoisotopic (exact) mass is 462 g/mol. The molecule has 0 bridgehead atoms. The third-order valence-corrected chi connectivity index (χ3v) is 6.36. The summed E-state index contributed by atoms with van der Waals surface area (Å²) in [5, 5.41) is 27.1. The molecule has 1 saturated heterocycles. The van der Waals surface area contributed by atoms with Gasteiger partial charge in [-0.25, -0.2) is 0 Å². The molecule has 1 saturated carbocycles. The van der Waals surface area contributed by atoms with Crippen molar-refractivity contribution in [2.24, 2.45) is 11.0 Å². The summed E-state index contributed by atoms with van der Waals surface area (Å²) in [4.78, 5) is 21.2. The molecular weight excluding hydrogens is 428 g/mol. The number of hydrogen-bond acceptors (Lipinski definition) is 8. The lowest BCUT2D eigenvalue weighted by molar-refractivity contribution is -0.393. The topological polar surface area (TPSA) is 129 Å². The van der Waals surface area contributed by atoms with E-state index < -0.39 is 9.85 Å². The first kappa shape index (κ1) is 25.0. The molecule has 182 valence electrons. The average molecular weight is 463 g/mol. The Balaban J connectivity index is 1.78. The van der Waals surface area contributed by atoms with Gasteiger partial charge in [0.25, 0.3) is 5.69 Å². The fourth-order valence-electron chi connectivity index (χ4n) is 4.51. The maximum absolute atomic E-state index is 11.5. The Hall–Kier alpha value is -2.59. The van der Waals surface area contributed by atoms with E-state index in [0.29, 0.717) is 13.2 Å². The van der Waals surface area contributed by atoms with Gasteiger partial charge in [0, 0.05) is 11.8 Å². The van der Waals surface area contributed by atoms with Crippen molar-refractivity contribution in [3.05, 3.63) is 38.4 Å².